The standard InChI is InChI=1S/C22H20ClF3N4O3/c1-3-33-17(22(24,25)26)20(31)30(2)12-13-9-10-16(23)15(11-13)19-27-18(28-21(32)29-19)14-7-5-4-6-8-14/h4-11,17H,3,12H2,1-2H3,(H,27,28,29,32)/t17-/m1/s1. The molecule has 0 saturated heterocycles. The summed E-state index contributed by atoms with van der Waals surface area (Å²) in [5.41, 5.74) is 0.793. The van der Waals surface area contributed by atoms with E-state index in [-0.39, 0.29) is 29.8 Å². The maximum Gasteiger partial charge on any atom is 0.423 e. The average Bonchev–Trinajstić information content (AvgIpc) is 2.77. The molecule has 7 nitrogen and oxygen atoms in total. The van der Waals surface area contributed by atoms with Crippen molar-refractivity contribution in [2.45, 2.75) is 25.7 Å². The van der Waals surface area contributed by atoms with E-state index in [1.165, 1.54) is 20.0 Å². The van der Waals surface area contributed by atoms with Crippen molar-refractivity contribution in [1.29, 1.82) is 0 Å². The molecule has 0 aliphatic heterocycles. The van der Waals surface area contributed by atoms with E-state index in [1.807, 2.05) is 6.07 Å². The topological polar surface area (TPSA) is 88.2 Å². The fourth-order valence-corrected chi connectivity index (χ4v) is 3.31. The van der Waals surface area contributed by atoms with E-state index in [0.29, 0.717) is 16.7 Å². The number of benzene rings is 2. The molecule has 0 saturated carbocycles. The molecule has 11 heteroatoms. The van der Waals surface area contributed by atoms with Crippen molar-refractivity contribution in [2.75, 3.05) is 13.7 Å². The number of rotatable bonds is 7. The number of amides is 1. The van der Waals surface area contributed by atoms with Crippen LogP contribution in [0, 0.1) is 0 Å². The van der Waals surface area contributed by atoms with E-state index >= 15 is 0 Å². The monoisotopic (exact) mass is 480 g/mol. The van der Waals surface area contributed by atoms with Crippen molar-refractivity contribution < 1.29 is 22.7 Å². The minimum Gasteiger partial charge on any atom is -0.360 e. The molecule has 0 spiro atoms. The molecule has 1 N–H and O–H groups in total. The molecular weight excluding hydrogens is 461 g/mol. The lowest BCUT2D eigenvalue weighted by Crippen LogP contribution is -2.46. The highest BCUT2D eigenvalue weighted by molar-refractivity contribution is 6.33. The summed E-state index contributed by atoms with van der Waals surface area (Å²) in [4.78, 5) is 36.2. The average molecular weight is 481 g/mol. The van der Waals surface area contributed by atoms with E-state index in [9.17, 15) is 22.8 Å². The number of nitrogens with zero attached hydrogens (tertiary/aromatic N) is 3. The zero-order valence-electron chi connectivity index (χ0n) is 17.7. The van der Waals surface area contributed by atoms with Crippen LogP contribution in [0.3, 0.4) is 0 Å². The Kier molecular flexibility index (Phi) is 7.50. The molecule has 1 aromatic heterocycles. The normalized spacial score (nSPS) is 12.4. The summed E-state index contributed by atoms with van der Waals surface area (Å²) in [5, 5.41) is 0.253. The largest absolute Gasteiger partial charge is 0.423 e. The van der Waals surface area contributed by atoms with Gasteiger partial charge in [-0.15, -0.1) is 0 Å². The van der Waals surface area contributed by atoms with Gasteiger partial charge in [0.1, 0.15) is 5.82 Å². The Balaban J connectivity index is 1.91. The zero-order valence-corrected chi connectivity index (χ0v) is 18.4. The molecule has 1 amide bonds. The van der Waals surface area contributed by atoms with Gasteiger partial charge in [0.05, 0.1) is 5.02 Å². The van der Waals surface area contributed by atoms with Crippen molar-refractivity contribution in [3.63, 3.8) is 0 Å². The number of aromatic nitrogens is 3. The molecule has 1 heterocycles. The van der Waals surface area contributed by atoms with Crippen molar-refractivity contribution in [1.82, 2.24) is 19.9 Å². The first-order valence-corrected chi connectivity index (χ1v) is 10.2. The molecule has 0 bridgehead atoms. The fraction of sp³-hybridized carbons (Fsp3) is 0.273. The third-order valence-electron chi connectivity index (χ3n) is 4.62. The predicted octanol–water partition coefficient (Wildman–Crippen LogP) is 4.08. The highest BCUT2D eigenvalue weighted by Crippen LogP contribution is 2.28. The number of aromatic amines is 1. The first-order chi connectivity index (χ1) is 15.6. The molecular formula is C22H20ClF3N4O3. The molecule has 1 atom stereocenters. The summed E-state index contributed by atoms with van der Waals surface area (Å²) in [5.74, 6) is -0.896. The number of H-pyrrole nitrogens is 1. The van der Waals surface area contributed by atoms with Crippen LogP contribution in [0.15, 0.2) is 53.3 Å². The maximum absolute atomic E-state index is 13.2. The summed E-state index contributed by atoms with van der Waals surface area (Å²) in [6.07, 6.45) is -7.38. The van der Waals surface area contributed by atoms with E-state index in [2.05, 4.69) is 19.7 Å². The molecule has 33 heavy (non-hydrogen) atoms. The highest BCUT2D eigenvalue weighted by atomic mass is 35.5. The Morgan fingerprint density at radius 1 is 1.18 bits per heavy atom. The minimum absolute atomic E-state index is 0.136. The Morgan fingerprint density at radius 2 is 1.88 bits per heavy atom. The Labute approximate surface area is 192 Å². The molecule has 0 radical (unpaired) electrons. The number of hydrogen-bond donors (Lipinski definition) is 1. The first-order valence-electron chi connectivity index (χ1n) is 9.86. The number of nitrogens with one attached hydrogen (secondary N) is 1. The summed E-state index contributed by atoms with van der Waals surface area (Å²) < 4.78 is 44.1. The lowest BCUT2D eigenvalue weighted by molar-refractivity contribution is -0.222. The predicted molar refractivity (Wildman–Crippen MR) is 116 cm³/mol. The van der Waals surface area contributed by atoms with Gasteiger partial charge in [-0.25, -0.2) is 9.78 Å². The van der Waals surface area contributed by atoms with Gasteiger partial charge in [0, 0.05) is 31.3 Å². The molecule has 0 aliphatic rings. The summed E-state index contributed by atoms with van der Waals surface area (Å²) in [7, 11) is 1.24. The van der Waals surface area contributed by atoms with Gasteiger partial charge in [0.25, 0.3) is 5.91 Å². The van der Waals surface area contributed by atoms with Crippen LogP contribution in [-0.2, 0) is 16.1 Å². The van der Waals surface area contributed by atoms with Gasteiger partial charge in [-0.05, 0) is 24.6 Å². The van der Waals surface area contributed by atoms with Gasteiger partial charge >= 0.3 is 11.9 Å². The molecule has 3 rings (SSSR count). The number of ether oxygens (including phenoxy) is 1. The third kappa shape index (κ3) is 5.96. The number of hydrogen-bond acceptors (Lipinski definition) is 5. The summed E-state index contributed by atoms with van der Waals surface area (Å²) in [6, 6.07) is 13.5. The lowest BCUT2D eigenvalue weighted by Gasteiger charge is -2.25. The minimum atomic E-state index is -4.83. The number of halogens is 4. The van der Waals surface area contributed by atoms with Gasteiger partial charge < -0.3 is 9.64 Å². The number of alkyl halides is 3. The summed E-state index contributed by atoms with van der Waals surface area (Å²) >= 11 is 6.30. The van der Waals surface area contributed by atoms with E-state index < -0.39 is 23.9 Å². The van der Waals surface area contributed by atoms with Crippen LogP contribution < -0.4 is 5.69 Å². The Hall–Kier alpha value is -3.24. The van der Waals surface area contributed by atoms with Crippen LogP contribution in [0.25, 0.3) is 22.8 Å². The fourth-order valence-electron chi connectivity index (χ4n) is 3.10. The maximum atomic E-state index is 13.2. The smallest absolute Gasteiger partial charge is 0.360 e. The second kappa shape index (κ2) is 10.1. The number of carbonyl (C=O) groups excluding carboxylic acids is 1. The first kappa shape index (κ1) is 24.4. The second-order valence-corrected chi connectivity index (χ2v) is 7.48. The van der Waals surface area contributed by atoms with Crippen LogP contribution in [0.5, 0.6) is 0 Å². The van der Waals surface area contributed by atoms with E-state index in [4.69, 9.17) is 11.6 Å². The molecule has 0 fully saturated rings. The zero-order chi connectivity index (χ0) is 24.2. The van der Waals surface area contributed by atoms with Crippen LogP contribution in [0.4, 0.5) is 13.2 Å². The third-order valence-corrected chi connectivity index (χ3v) is 4.95. The second-order valence-electron chi connectivity index (χ2n) is 7.08. The number of carbonyl (C=O) groups is 1. The van der Waals surface area contributed by atoms with Crippen LogP contribution in [-0.4, -0.2) is 51.7 Å². The van der Waals surface area contributed by atoms with Gasteiger partial charge in [-0.2, -0.15) is 18.2 Å². The summed E-state index contributed by atoms with van der Waals surface area (Å²) in [6.45, 7) is 0.965. The molecule has 0 unspecified atom stereocenters. The van der Waals surface area contributed by atoms with Crippen molar-refractivity contribution in [2.24, 2.45) is 0 Å². The molecule has 3 aromatic rings. The number of likely N-dealkylation sites (N-methyl/N-ethyl adjacent to an activating group) is 1. The highest BCUT2D eigenvalue weighted by Gasteiger charge is 2.47. The van der Waals surface area contributed by atoms with Gasteiger partial charge in [-0.1, -0.05) is 48.0 Å². The van der Waals surface area contributed by atoms with Crippen molar-refractivity contribution in [3.05, 3.63) is 69.6 Å². The molecule has 174 valence electrons. The van der Waals surface area contributed by atoms with E-state index in [0.717, 1.165) is 4.90 Å². The van der Waals surface area contributed by atoms with Crippen LogP contribution >= 0.6 is 11.6 Å². The van der Waals surface area contributed by atoms with Crippen molar-refractivity contribution >= 4 is 17.5 Å². The lowest BCUT2D eigenvalue weighted by atomic mass is 10.1. The molecule has 2 aromatic carbocycles. The van der Waals surface area contributed by atoms with Crippen LogP contribution in [0.1, 0.15) is 12.5 Å². The quantitative estimate of drug-likeness (QED) is 0.550. The van der Waals surface area contributed by atoms with Gasteiger partial charge in [0.15, 0.2) is 5.82 Å². The Bertz CT molecular complexity index is 1190. The van der Waals surface area contributed by atoms with Crippen LogP contribution in [0.2, 0.25) is 5.02 Å². The Morgan fingerprint density at radius 3 is 2.52 bits per heavy atom. The SMILES string of the molecule is CCO[C@H](C(=O)N(C)Cc1ccc(Cl)c(-c2nc(-c3ccccc3)nc(=O)[nH]2)c1)C(F)(F)F. The van der Waals surface area contributed by atoms with Gasteiger partial charge in [-0.3, -0.25) is 9.78 Å². The van der Waals surface area contributed by atoms with Gasteiger partial charge in [0.2, 0.25) is 6.10 Å². The van der Waals surface area contributed by atoms with E-state index in [1.54, 1.807) is 36.4 Å². The van der Waals surface area contributed by atoms with Crippen molar-refractivity contribution in [3.8, 4) is 22.8 Å². The molecule has 0 aliphatic carbocycles.